The van der Waals surface area contributed by atoms with Gasteiger partial charge in [0.2, 0.25) is 6.08 Å². The van der Waals surface area contributed by atoms with E-state index in [0.29, 0.717) is 5.75 Å². The van der Waals surface area contributed by atoms with Crippen molar-refractivity contribution < 1.29 is 13.9 Å². The molecule has 0 N–H and O–H groups in total. The lowest BCUT2D eigenvalue weighted by Crippen LogP contribution is -2.20. The third-order valence-corrected chi connectivity index (χ3v) is 4.18. The Kier molecular flexibility index (Phi) is 3.83. The van der Waals surface area contributed by atoms with Crippen LogP contribution >= 0.6 is 15.9 Å². The second-order valence-electron chi connectivity index (χ2n) is 4.38. The summed E-state index contributed by atoms with van der Waals surface area (Å²) in [5.74, 6) is 0.0229. The lowest BCUT2D eigenvalue weighted by molar-refractivity contribution is 0.373. The van der Waals surface area contributed by atoms with Gasteiger partial charge < -0.3 is 4.74 Å². The molecule has 1 aliphatic carbocycles. The highest BCUT2D eigenvalue weighted by atomic mass is 79.9. The van der Waals surface area contributed by atoms with E-state index < -0.39 is 5.54 Å². The Labute approximate surface area is 113 Å². The molecule has 2 rings (SSSR count). The first-order chi connectivity index (χ1) is 8.64. The van der Waals surface area contributed by atoms with Gasteiger partial charge in [0.15, 0.2) is 0 Å². The van der Waals surface area contributed by atoms with Crippen LogP contribution in [0.1, 0.15) is 31.2 Å². The van der Waals surface area contributed by atoms with Gasteiger partial charge in [-0.15, -0.1) is 0 Å². The van der Waals surface area contributed by atoms with Crippen molar-refractivity contribution in [1.82, 2.24) is 0 Å². The Morgan fingerprint density at radius 2 is 2.11 bits per heavy atom. The van der Waals surface area contributed by atoms with Crippen LogP contribution in [0.3, 0.4) is 0 Å². The Bertz CT molecular complexity index is 506. The highest BCUT2D eigenvalue weighted by molar-refractivity contribution is 9.10. The molecule has 5 heteroatoms. The van der Waals surface area contributed by atoms with E-state index in [-0.39, 0.29) is 10.3 Å². The third-order valence-electron chi connectivity index (χ3n) is 3.45. The van der Waals surface area contributed by atoms with Gasteiger partial charge >= 0.3 is 0 Å². The number of hydrogen-bond donors (Lipinski definition) is 0. The van der Waals surface area contributed by atoms with E-state index in [1.165, 1.54) is 13.2 Å². The first-order valence-electron chi connectivity index (χ1n) is 5.76. The number of carbonyl (C=O) groups excluding carboxylic acids is 1. The van der Waals surface area contributed by atoms with Crippen LogP contribution in [-0.2, 0) is 10.3 Å². The Morgan fingerprint density at radius 1 is 1.44 bits per heavy atom. The minimum atomic E-state index is -0.608. The van der Waals surface area contributed by atoms with Crippen LogP contribution in [0.4, 0.5) is 4.39 Å². The first kappa shape index (κ1) is 13.2. The minimum Gasteiger partial charge on any atom is -0.495 e. The Morgan fingerprint density at radius 3 is 2.67 bits per heavy atom. The van der Waals surface area contributed by atoms with E-state index in [2.05, 4.69) is 20.9 Å². The van der Waals surface area contributed by atoms with E-state index in [1.54, 1.807) is 12.1 Å². The predicted octanol–water partition coefficient (Wildman–Crippen LogP) is 3.70. The van der Waals surface area contributed by atoms with Crippen LogP contribution in [-0.4, -0.2) is 13.2 Å². The first-order valence-corrected chi connectivity index (χ1v) is 6.55. The monoisotopic (exact) mass is 313 g/mol. The van der Waals surface area contributed by atoms with Gasteiger partial charge in [-0.2, -0.15) is 4.99 Å². The fraction of sp³-hybridized carbons (Fsp3) is 0.462. The smallest absolute Gasteiger partial charge is 0.235 e. The average Bonchev–Trinajstić information content (AvgIpc) is 2.82. The third kappa shape index (κ3) is 2.08. The van der Waals surface area contributed by atoms with Crippen molar-refractivity contribution in [2.75, 3.05) is 7.11 Å². The van der Waals surface area contributed by atoms with E-state index in [0.717, 1.165) is 31.2 Å². The van der Waals surface area contributed by atoms with Crippen LogP contribution in [0.15, 0.2) is 21.6 Å². The fourth-order valence-electron chi connectivity index (χ4n) is 2.59. The maximum absolute atomic E-state index is 13.5. The molecule has 0 bridgehead atoms. The zero-order valence-corrected chi connectivity index (χ0v) is 11.6. The average molecular weight is 314 g/mol. The molecule has 3 nitrogen and oxygen atoms in total. The van der Waals surface area contributed by atoms with Crippen molar-refractivity contribution in [2.24, 2.45) is 4.99 Å². The number of isocyanates is 1. The topological polar surface area (TPSA) is 38.7 Å². The van der Waals surface area contributed by atoms with Crippen LogP contribution < -0.4 is 4.74 Å². The van der Waals surface area contributed by atoms with E-state index in [1.807, 2.05) is 0 Å². The highest BCUT2D eigenvalue weighted by Gasteiger charge is 2.38. The molecule has 1 aliphatic rings. The number of hydrogen-bond acceptors (Lipinski definition) is 3. The quantitative estimate of drug-likeness (QED) is 0.630. The van der Waals surface area contributed by atoms with Crippen LogP contribution in [0.25, 0.3) is 0 Å². The van der Waals surface area contributed by atoms with Crippen molar-refractivity contribution in [3.63, 3.8) is 0 Å². The molecule has 0 heterocycles. The molecule has 0 aliphatic heterocycles. The summed E-state index contributed by atoms with van der Waals surface area (Å²) >= 11 is 3.17. The summed E-state index contributed by atoms with van der Waals surface area (Å²) in [6.45, 7) is 0. The Hall–Kier alpha value is -1.19. The molecule has 0 amide bonds. The van der Waals surface area contributed by atoms with E-state index in [9.17, 15) is 9.18 Å². The molecule has 0 radical (unpaired) electrons. The second-order valence-corrected chi connectivity index (χ2v) is 5.18. The molecular formula is C13H13BrFNO2. The van der Waals surface area contributed by atoms with E-state index >= 15 is 0 Å². The van der Waals surface area contributed by atoms with Gasteiger partial charge in [-0.1, -0.05) is 12.8 Å². The highest BCUT2D eigenvalue weighted by Crippen LogP contribution is 2.47. The molecule has 0 spiro atoms. The van der Waals surface area contributed by atoms with Crippen molar-refractivity contribution in [1.29, 1.82) is 0 Å². The number of methoxy groups -OCH3 is 1. The number of ether oxygens (including phenoxy) is 1. The number of nitrogens with zero attached hydrogens (tertiary/aromatic N) is 1. The number of aliphatic imine (C=N–C) groups is 1. The summed E-state index contributed by atoms with van der Waals surface area (Å²) in [7, 11) is 1.48. The lowest BCUT2D eigenvalue weighted by Gasteiger charge is -2.25. The molecule has 0 unspecified atom stereocenters. The summed E-state index contributed by atoms with van der Waals surface area (Å²) in [4.78, 5) is 14.6. The molecule has 1 aromatic rings. The molecule has 1 fully saturated rings. The summed E-state index contributed by atoms with van der Waals surface area (Å²) in [6, 6.07) is 3.01. The van der Waals surface area contributed by atoms with E-state index in [4.69, 9.17) is 4.74 Å². The maximum atomic E-state index is 13.5. The molecule has 0 atom stereocenters. The number of rotatable bonds is 3. The zero-order valence-electron chi connectivity index (χ0n) is 10.0. The SMILES string of the molecule is COc1c(C2(N=C=O)CCCC2)ccc(F)c1Br. The summed E-state index contributed by atoms with van der Waals surface area (Å²) in [5.41, 5.74) is 0.141. The second kappa shape index (κ2) is 5.21. The van der Waals surface area contributed by atoms with Crippen molar-refractivity contribution >= 4 is 22.0 Å². The van der Waals surface area contributed by atoms with Gasteiger partial charge in [-0.3, -0.25) is 0 Å². The fourth-order valence-corrected chi connectivity index (χ4v) is 3.09. The van der Waals surface area contributed by atoms with Crippen molar-refractivity contribution in [3.05, 3.63) is 28.0 Å². The predicted molar refractivity (Wildman–Crippen MR) is 68.9 cm³/mol. The molecule has 1 saturated carbocycles. The van der Waals surface area contributed by atoms with Crippen LogP contribution in [0, 0.1) is 5.82 Å². The maximum Gasteiger partial charge on any atom is 0.235 e. The van der Waals surface area contributed by atoms with Gasteiger partial charge in [-0.25, -0.2) is 9.18 Å². The normalized spacial score (nSPS) is 17.3. The molecule has 0 saturated heterocycles. The molecule has 1 aromatic carbocycles. The molecular weight excluding hydrogens is 301 g/mol. The van der Waals surface area contributed by atoms with Gasteiger partial charge in [0.1, 0.15) is 17.1 Å². The summed E-state index contributed by atoms with van der Waals surface area (Å²) < 4.78 is 19.0. The van der Waals surface area contributed by atoms with Gasteiger partial charge in [0.05, 0.1) is 11.6 Å². The van der Waals surface area contributed by atoms with Crippen LogP contribution in [0.5, 0.6) is 5.75 Å². The van der Waals surface area contributed by atoms with Crippen molar-refractivity contribution in [3.8, 4) is 5.75 Å². The molecule has 18 heavy (non-hydrogen) atoms. The van der Waals surface area contributed by atoms with Gasteiger partial charge in [-0.05, 0) is 40.9 Å². The van der Waals surface area contributed by atoms with Crippen molar-refractivity contribution in [2.45, 2.75) is 31.2 Å². The standard InChI is InChI=1S/C13H13BrFNO2/c1-18-12-9(4-5-10(15)11(12)14)13(16-8-17)6-2-3-7-13/h4-5H,2-3,6-7H2,1H3. The molecule has 0 aromatic heterocycles. The van der Waals surface area contributed by atoms with Gasteiger partial charge in [0.25, 0.3) is 0 Å². The summed E-state index contributed by atoms with van der Waals surface area (Å²) in [6.07, 6.45) is 5.14. The Balaban J connectivity index is 2.62. The number of halogens is 2. The van der Waals surface area contributed by atoms with Crippen LogP contribution in [0.2, 0.25) is 0 Å². The number of benzene rings is 1. The minimum absolute atomic E-state index is 0.273. The lowest BCUT2D eigenvalue weighted by atomic mass is 9.88. The zero-order chi connectivity index (χ0) is 13.2. The van der Waals surface area contributed by atoms with Gasteiger partial charge in [0, 0.05) is 5.56 Å². The largest absolute Gasteiger partial charge is 0.495 e. The summed E-state index contributed by atoms with van der Waals surface area (Å²) in [5, 5.41) is 0. The molecule has 96 valence electrons.